The molecule has 118 valence electrons. The molecular weight excluding hydrogens is 286 g/mol. The van der Waals surface area contributed by atoms with E-state index in [0.29, 0.717) is 19.0 Å². The van der Waals surface area contributed by atoms with Crippen LogP contribution in [0.5, 0.6) is 0 Å². The summed E-state index contributed by atoms with van der Waals surface area (Å²) < 4.78 is 29.5. The molecule has 5 nitrogen and oxygen atoms in total. The zero-order chi connectivity index (χ0) is 15.5. The first-order valence-corrected chi connectivity index (χ1v) is 8.86. The molecule has 1 unspecified atom stereocenters. The van der Waals surface area contributed by atoms with E-state index in [0.717, 1.165) is 18.4 Å². The van der Waals surface area contributed by atoms with Gasteiger partial charge in [-0.3, -0.25) is 0 Å². The predicted octanol–water partition coefficient (Wildman–Crippen LogP) is 1.43. The second-order valence-corrected chi connectivity index (χ2v) is 7.76. The SMILES string of the molecule is CC1CCN(S(=O)(=O)NC(C)(CN)c2ccccc2)CC1. The number of hydrogen-bond donors (Lipinski definition) is 2. The minimum absolute atomic E-state index is 0.209. The molecule has 1 atom stereocenters. The molecule has 0 radical (unpaired) electrons. The van der Waals surface area contributed by atoms with Gasteiger partial charge in [0.15, 0.2) is 0 Å². The summed E-state index contributed by atoms with van der Waals surface area (Å²) in [7, 11) is -3.52. The van der Waals surface area contributed by atoms with Crippen LogP contribution in [0.3, 0.4) is 0 Å². The van der Waals surface area contributed by atoms with Gasteiger partial charge in [0, 0.05) is 19.6 Å². The summed E-state index contributed by atoms with van der Waals surface area (Å²) in [4.78, 5) is 0. The van der Waals surface area contributed by atoms with Gasteiger partial charge in [0.25, 0.3) is 10.2 Å². The minimum atomic E-state index is -3.52. The molecule has 1 aromatic carbocycles. The third-order valence-electron chi connectivity index (χ3n) is 4.26. The highest BCUT2D eigenvalue weighted by atomic mass is 32.2. The van der Waals surface area contributed by atoms with Crippen LogP contribution in [0, 0.1) is 5.92 Å². The second kappa shape index (κ2) is 6.44. The van der Waals surface area contributed by atoms with Crippen LogP contribution < -0.4 is 10.5 Å². The van der Waals surface area contributed by atoms with Crippen molar-refractivity contribution in [2.75, 3.05) is 19.6 Å². The molecule has 1 fully saturated rings. The van der Waals surface area contributed by atoms with Crippen LogP contribution in [0.2, 0.25) is 0 Å². The van der Waals surface area contributed by atoms with Crippen molar-refractivity contribution >= 4 is 10.2 Å². The zero-order valence-corrected chi connectivity index (χ0v) is 13.6. The van der Waals surface area contributed by atoms with Gasteiger partial charge in [0.2, 0.25) is 0 Å². The van der Waals surface area contributed by atoms with Crippen molar-refractivity contribution in [3.63, 3.8) is 0 Å². The maximum atomic E-state index is 12.6. The molecule has 3 N–H and O–H groups in total. The van der Waals surface area contributed by atoms with Crippen LogP contribution in [-0.2, 0) is 15.7 Å². The van der Waals surface area contributed by atoms with E-state index in [9.17, 15) is 8.42 Å². The maximum Gasteiger partial charge on any atom is 0.280 e. The molecule has 0 bridgehead atoms. The van der Waals surface area contributed by atoms with E-state index in [2.05, 4.69) is 11.6 Å². The lowest BCUT2D eigenvalue weighted by molar-refractivity contribution is 0.278. The van der Waals surface area contributed by atoms with Crippen molar-refractivity contribution in [3.8, 4) is 0 Å². The molecule has 0 amide bonds. The maximum absolute atomic E-state index is 12.6. The first-order valence-electron chi connectivity index (χ1n) is 7.42. The van der Waals surface area contributed by atoms with E-state index in [1.807, 2.05) is 37.3 Å². The summed E-state index contributed by atoms with van der Waals surface area (Å²) in [6, 6.07) is 9.47. The van der Waals surface area contributed by atoms with Gasteiger partial charge >= 0.3 is 0 Å². The topological polar surface area (TPSA) is 75.4 Å². The molecule has 0 saturated carbocycles. The fourth-order valence-electron chi connectivity index (χ4n) is 2.60. The highest BCUT2D eigenvalue weighted by Gasteiger charge is 2.34. The molecule has 0 spiro atoms. The molecule has 1 heterocycles. The van der Waals surface area contributed by atoms with Gasteiger partial charge in [-0.25, -0.2) is 0 Å². The molecule has 21 heavy (non-hydrogen) atoms. The van der Waals surface area contributed by atoms with E-state index in [4.69, 9.17) is 5.73 Å². The standard InChI is InChI=1S/C15H25N3O2S/c1-13-8-10-18(11-9-13)21(19,20)17-15(2,12-16)14-6-4-3-5-7-14/h3-7,13,17H,8-12,16H2,1-2H3. The van der Waals surface area contributed by atoms with E-state index in [1.165, 1.54) is 4.31 Å². The van der Waals surface area contributed by atoms with Crippen molar-refractivity contribution in [3.05, 3.63) is 35.9 Å². The highest BCUT2D eigenvalue weighted by molar-refractivity contribution is 7.87. The van der Waals surface area contributed by atoms with E-state index in [-0.39, 0.29) is 6.54 Å². The first-order chi connectivity index (χ1) is 9.87. The van der Waals surface area contributed by atoms with Crippen molar-refractivity contribution in [2.45, 2.75) is 32.2 Å². The average Bonchev–Trinajstić information content (AvgIpc) is 2.48. The van der Waals surface area contributed by atoms with Gasteiger partial charge in [-0.1, -0.05) is 37.3 Å². The first kappa shape index (κ1) is 16.4. The van der Waals surface area contributed by atoms with Crippen LogP contribution in [-0.4, -0.2) is 32.4 Å². The summed E-state index contributed by atoms with van der Waals surface area (Å²) in [6.07, 6.45) is 1.82. The third-order valence-corrected chi connectivity index (χ3v) is 6.01. The summed E-state index contributed by atoms with van der Waals surface area (Å²) in [5.74, 6) is 0.589. The van der Waals surface area contributed by atoms with Crippen LogP contribution >= 0.6 is 0 Å². The van der Waals surface area contributed by atoms with Crippen molar-refractivity contribution in [1.82, 2.24) is 9.03 Å². The molecule has 6 heteroatoms. The Balaban J connectivity index is 2.17. The minimum Gasteiger partial charge on any atom is -0.328 e. The third kappa shape index (κ3) is 3.83. The van der Waals surface area contributed by atoms with Crippen molar-refractivity contribution in [2.24, 2.45) is 11.7 Å². The Labute approximate surface area is 127 Å². The van der Waals surface area contributed by atoms with Gasteiger partial charge < -0.3 is 5.73 Å². The Hall–Kier alpha value is -0.950. The molecule has 2 rings (SSSR count). The lowest BCUT2D eigenvalue weighted by Crippen LogP contribution is -2.54. The van der Waals surface area contributed by atoms with Gasteiger partial charge in [-0.2, -0.15) is 17.4 Å². The van der Waals surface area contributed by atoms with Gasteiger partial charge in [0.1, 0.15) is 0 Å². The number of rotatable bonds is 5. The summed E-state index contributed by atoms with van der Waals surface area (Å²) in [5.41, 5.74) is 5.94. The number of nitrogens with zero attached hydrogens (tertiary/aromatic N) is 1. The van der Waals surface area contributed by atoms with Crippen molar-refractivity contribution < 1.29 is 8.42 Å². The quantitative estimate of drug-likeness (QED) is 0.863. The molecule has 1 aliphatic rings. The van der Waals surface area contributed by atoms with Gasteiger partial charge in [-0.05, 0) is 31.2 Å². The van der Waals surface area contributed by atoms with Crippen LogP contribution in [0.1, 0.15) is 32.3 Å². The Bertz CT molecular complexity index is 554. The monoisotopic (exact) mass is 311 g/mol. The number of nitrogens with two attached hydrogens (primary N) is 1. The molecule has 1 saturated heterocycles. The largest absolute Gasteiger partial charge is 0.328 e. The Morgan fingerprint density at radius 2 is 1.86 bits per heavy atom. The van der Waals surface area contributed by atoms with Crippen molar-refractivity contribution in [1.29, 1.82) is 0 Å². The van der Waals surface area contributed by atoms with Gasteiger partial charge in [0.05, 0.1) is 5.54 Å². The Morgan fingerprint density at radius 3 is 2.38 bits per heavy atom. The Kier molecular flexibility index (Phi) is 5.03. The smallest absolute Gasteiger partial charge is 0.280 e. The Morgan fingerprint density at radius 1 is 1.29 bits per heavy atom. The summed E-state index contributed by atoms with van der Waals surface area (Å²) in [6.45, 7) is 5.34. The molecule has 0 aliphatic carbocycles. The number of benzene rings is 1. The number of nitrogens with one attached hydrogen (secondary N) is 1. The lowest BCUT2D eigenvalue weighted by Gasteiger charge is -2.35. The molecule has 0 aromatic heterocycles. The predicted molar refractivity (Wildman–Crippen MR) is 84.9 cm³/mol. The highest BCUT2D eigenvalue weighted by Crippen LogP contribution is 2.23. The number of piperidine rings is 1. The summed E-state index contributed by atoms with van der Waals surface area (Å²) in [5, 5.41) is 0. The molecule has 1 aliphatic heterocycles. The van der Waals surface area contributed by atoms with Crippen LogP contribution in [0.25, 0.3) is 0 Å². The van der Waals surface area contributed by atoms with Gasteiger partial charge in [-0.15, -0.1) is 0 Å². The zero-order valence-electron chi connectivity index (χ0n) is 12.7. The average molecular weight is 311 g/mol. The second-order valence-electron chi connectivity index (χ2n) is 6.09. The van der Waals surface area contributed by atoms with E-state index >= 15 is 0 Å². The molecular formula is C15H25N3O2S. The lowest BCUT2D eigenvalue weighted by atomic mass is 9.94. The number of hydrogen-bond acceptors (Lipinski definition) is 3. The fourth-order valence-corrected chi connectivity index (χ4v) is 4.19. The normalized spacial score (nSPS) is 21.1. The van der Waals surface area contributed by atoms with Crippen LogP contribution in [0.15, 0.2) is 30.3 Å². The van der Waals surface area contributed by atoms with E-state index in [1.54, 1.807) is 0 Å². The summed E-state index contributed by atoms with van der Waals surface area (Å²) >= 11 is 0. The fraction of sp³-hybridized carbons (Fsp3) is 0.600. The van der Waals surface area contributed by atoms with E-state index < -0.39 is 15.7 Å². The molecule has 1 aromatic rings. The van der Waals surface area contributed by atoms with Crippen LogP contribution in [0.4, 0.5) is 0 Å².